The molecule has 3 rings (SSSR count). The Morgan fingerprint density at radius 1 is 0.727 bits per heavy atom. The zero-order valence-corrected chi connectivity index (χ0v) is 12.0. The van der Waals surface area contributed by atoms with Crippen molar-refractivity contribution >= 4 is 22.5 Å². The molecular formula is C19H14O3. The van der Waals surface area contributed by atoms with Crippen molar-refractivity contribution in [2.24, 2.45) is 0 Å². The smallest absolute Gasteiger partial charge is 0.336 e. The fourth-order valence-corrected chi connectivity index (χ4v) is 2.66. The molecule has 0 aliphatic heterocycles. The third-order valence-electron chi connectivity index (χ3n) is 3.79. The molecule has 3 nitrogen and oxygen atoms in total. The summed E-state index contributed by atoms with van der Waals surface area (Å²) in [6.07, 6.45) is 0. The first kappa shape index (κ1) is 14.0. The number of benzene rings is 3. The second kappa shape index (κ2) is 5.45. The number of carboxylic acid groups (broad SMARTS) is 1. The summed E-state index contributed by atoms with van der Waals surface area (Å²) in [4.78, 5) is 24.2. The largest absolute Gasteiger partial charge is 0.478 e. The molecule has 0 aromatic heterocycles. The lowest BCUT2D eigenvalue weighted by Crippen LogP contribution is -2.10. The first-order chi connectivity index (χ1) is 10.6. The number of ketones is 1. The van der Waals surface area contributed by atoms with E-state index in [4.69, 9.17) is 0 Å². The van der Waals surface area contributed by atoms with Crippen molar-refractivity contribution in [1.82, 2.24) is 0 Å². The highest BCUT2D eigenvalue weighted by Gasteiger charge is 2.19. The van der Waals surface area contributed by atoms with E-state index in [9.17, 15) is 14.7 Å². The lowest BCUT2D eigenvalue weighted by molar-refractivity contribution is 0.0693. The van der Waals surface area contributed by atoms with Gasteiger partial charge in [0, 0.05) is 11.1 Å². The molecule has 0 radical (unpaired) electrons. The Morgan fingerprint density at radius 2 is 1.32 bits per heavy atom. The van der Waals surface area contributed by atoms with Gasteiger partial charge in [0.05, 0.1) is 5.56 Å². The van der Waals surface area contributed by atoms with Crippen LogP contribution in [-0.4, -0.2) is 16.9 Å². The van der Waals surface area contributed by atoms with Crippen LogP contribution in [0.4, 0.5) is 0 Å². The molecule has 3 aromatic rings. The first-order valence-electron chi connectivity index (χ1n) is 6.95. The number of aryl methyl sites for hydroxylation is 1. The Kier molecular flexibility index (Phi) is 3.47. The average Bonchev–Trinajstić information content (AvgIpc) is 2.55. The van der Waals surface area contributed by atoms with Gasteiger partial charge < -0.3 is 5.11 Å². The number of carbonyl (C=O) groups excluding carboxylic acids is 1. The van der Waals surface area contributed by atoms with E-state index in [1.54, 1.807) is 24.3 Å². The van der Waals surface area contributed by atoms with Crippen LogP contribution < -0.4 is 0 Å². The minimum Gasteiger partial charge on any atom is -0.478 e. The van der Waals surface area contributed by atoms with Crippen LogP contribution in [0.5, 0.6) is 0 Å². The molecule has 0 saturated carbocycles. The fraction of sp³-hybridized carbons (Fsp3) is 0.0526. The van der Waals surface area contributed by atoms with E-state index in [1.807, 2.05) is 37.3 Å². The van der Waals surface area contributed by atoms with Gasteiger partial charge in [-0.3, -0.25) is 4.79 Å². The molecular weight excluding hydrogens is 276 g/mol. The minimum atomic E-state index is -1.10. The summed E-state index contributed by atoms with van der Waals surface area (Å²) in [5.74, 6) is -1.37. The normalized spacial score (nSPS) is 10.6. The van der Waals surface area contributed by atoms with Gasteiger partial charge in [0.2, 0.25) is 0 Å². The van der Waals surface area contributed by atoms with Crippen LogP contribution >= 0.6 is 0 Å². The van der Waals surface area contributed by atoms with Gasteiger partial charge in [-0.05, 0) is 29.3 Å². The summed E-state index contributed by atoms with van der Waals surface area (Å²) in [6.45, 7) is 1.99. The third-order valence-corrected chi connectivity index (χ3v) is 3.79. The van der Waals surface area contributed by atoms with Crippen LogP contribution in [-0.2, 0) is 0 Å². The Morgan fingerprint density at radius 3 is 2.00 bits per heavy atom. The first-order valence-corrected chi connectivity index (χ1v) is 6.95. The van der Waals surface area contributed by atoms with Gasteiger partial charge in [-0.2, -0.15) is 0 Å². The molecule has 0 spiro atoms. The van der Waals surface area contributed by atoms with Gasteiger partial charge >= 0.3 is 5.97 Å². The highest BCUT2D eigenvalue weighted by molar-refractivity contribution is 6.19. The molecule has 0 bridgehead atoms. The summed E-state index contributed by atoms with van der Waals surface area (Å²) < 4.78 is 0. The molecule has 0 amide bonds. The summed E-state index contributed by atoms with van der Waals surface area (Å²) in [5.41, 5.74) is 1.84. The SMILES string of the molecule is Cc1ccc(C(=O)c2ccccc2C(=O)O)c2ccccc12. The van der Waals surface area contributed by atoms with Crippen molar-refractivity contribution < 1.29 is 14.7 Å². The number of carbonyl (C=O) groups is 2. The van der Waals surface area contributed by atoms with Crippen molar-refractivity contribution in [3.63, 3.8) is 0 Å². The predicted molar refractivity (Wildman–Crippen MR) is 85.5 cm³/mol. The Labute approximate surface area is 127 Å². The van der Waals surface area contributed by atoms with Gasteiger partial charge in [-0.1, -0.05) is 54.6 Å². The van der Waals surface area contributed by atoms with E-state index >= 15 is 0 Å². The van der Waals surface area contributed by atoms with E-state index in [-0.39, 0.29) is 16.9 Å². The molecule has 22 heavy (non-hydrogen) atoms. The lowest BCUT2D eigenvalue weighted by atomic mass is 9.93. The molecule has 108 valence electrons. The second-order valence-electron chi connectivity index (χ2n) is 5.16. The van der Waals surface area contributed by atoms with Gasteiger partial charge in [0.1, 0.15) is 0 Å². The standard InChI is InChI=1S/C19H14O3/c1-12-10-11-16(14-7-3-2-6-13(12)14)18(20)15-8-4-5-9-17(15)19(21)22/h2-11H,1H3,(H,21,22). The van der Waals surface area contributed by atoms with Crippen molar-refractivity contribution in [2.45, 2.75) is 6.92 Å². The maximum absolute atomic E-state index is 12.8. The highest BCUT2D eigenvalue weighted by Crippen LogP contribution is 2.25. The summed E-state index contributed by atoms with van der Waals surface area (Å²) in [5, 5.41) is 11.1. The maximum Gasteiger partial charge on any atom is 0.336 e. The highest BCUT2D eigenvalue weighted by atomic mass is 16.4. The van der Waals surface area contributed by atoms with Crippen LogP contribution in [0.1, 0.15) is 31.8 Å². The van der Waals surface area contributed by atoms with Gasteiger partial charge in [0.25, 0.3) is 0 Å². The van der Waals surface area contributed by atoms with E-state index in [2.05, 4.69) is 0 Å². The van der Waals surface area contributed by atoms with E-state index < -0.39 is 5.97 Å². The van der Waals surface area contributed by atoms with Crippen LogP contribution in [0, 0.1) is 6.92 Å². The minimum absolute atomic E-state index is 0.0251. The van der Waals surface area contributed by atoms with Gasteiger partial charge in [0.15, 0.2) is 5.78 Å². The number of hydrogen-bond acceptors (Lipinski definition) is 2. The molecule has 0 heterocycles. The van der Waals surface area contributed by atoms with Crippen molar-refractivity contribution in [2.75, 3.05) is 0 Å². The quantitative estimate of drug-likeness (QED) is 0.739. The lowest BCUT2D eigenvalue weighted by Gasteiger charge is -2.10. The van der Waals surface area contributed by atoms with Crippen LogP contribution in [0.2, 0.25) is 0 Å². The van der Waals surface area contributed by atoms with E-state index in [1.165, 1.54) is 6.07 Å². The second-order valence-corrected chi connectivity index (χ2v) is 5.16. The number of fused-ring (bicyclic) bond motifs is 1. The number of hydrogen-bond donors (Lipinski definition) is 1. The van der Waals surface area contributed by atoms with Crippen LogP contribution in [0.15, 0.2) is 60.7 Å². The Balaban J connectivity index is 2.23. The maximum atomic E-state index is 12.8. The zero-order valence-electron chi connectivity index (χ0n) is 12.0. The van der Waals surface area contributed by atoms with Crippen molar-refractivity contribution in [1.29, 1.82) is 0 Å². The molecule has 3 heteroatoms. The fourth-order valence-electron chi connectivity index (χ4n) is 2.66. The summed E-state index contributed by atoms with van der Waals surface area (Å²) in [7, 11) is 0. The molecule has 0 fully saturated rings. The van der Waals surface area contributed by atoms with Gasteiger partial charge in [-0.25, -0.2) is 4.79 Å². The molecule has 0 aliphatic rings. The van der Waals surface area contributed by atoms with Gasteiger partial charge in [-0.15, -0.1) is 0 Å². The molecule has 0 unspecified atom stereocenters. The Bertz CT molecular complexity index is 894. The monoisotopic (exact) mass is 290 g/mol. The summed E-state index contributed by atoms with van der Waals surface area (Å²) >= 11 is 0. The van der Waals surface area contributed by atoms with Crippen molar-refractivity contribution in [3.8, 4) is 0 Å². The average molecular weight is 290 g/mol. The Hall–Kier alpha value is -2.94. The van der Waals surface area contributed by atoms with E-state index in [0.29, 0.717) is 5.56 Å². The topological polar surface area (TPSA) is 54.4 Å². The molecule has 1 N–H and O–H groups in total. The predicted octanol–water partition coefficient (Wildman–Crippen LogP) is 4.08. The summed E-state index contributed by atoms with van der Waals surface area (Å²) in [6, 6.07) is 17.6. The number of carboxylic acids is 1. The third kappa shape index (κ3) is 2.27. The number of aromatic carboxylic acids is 1. The molecule has 0 aliphatic carbocycles. The molecule has 0 atom stereocenters. The van der Waals surface area contributed by atoms with Crippen molar-refractivity contribution in [3.05, 3.63) is 82.9 Å². The number of rotatable bonds is 3. The van der Waals surface area contributed by atoms with Crippen LogP contribution in [0.3, 0.4) is 0 Å². The van der Waals surface area contributed by atoms with Crippen LogP contribution in [0.25, 0.3) is 10.8 Å². The molecule has 0 saturated heterocycles. The van der Waals surface area contributed by atoms with E-state index in [0.717, 1.165) is 16.3 Å². The molecule has 3 aromatic carbocycles. The zero-order chi connectivity index (χ0) is 15.7.